The van der Waals surface area contributed by atoms with Crippen molar-refractivity contribution in [1.82, 2.24) is 19.5 Å². The van der Waals surface area contributed by atoms with Crippen LogP contribution in [0.25, 0.3) is 11.2 Å². The Kier molecular flexibility index (Phi) is 9.72. The maximum atomic E-state index is 12.5. The molecule has 2 unspecified atom stereocenters. The highest BCUT2D eigenvalue weighted by Gasteiger charge is 2.50. The molecule has 2 aliphatic rings. The lowest BCUT2D eigenvalue weighted by Crippen LogP contribution is -2.46. The number of amides is 1. The molecule has 5 heterocycles. The van der Waals surface area contributed by atoms with Gasteiger partial charge < -0.3 is 50.4 Å². The number of nitrogens with zero attached hydrogens (tertiary/aromatic N) is 4. The second-order valence-electron chi connectivity index (χ2n) is 9.76. The molecule has 5 rings (SSSR count). The number of halogens is 1. The van der Waals surface area contributed by atoms with Crippen LogP contribution in [0.4, 0.5) is 0 Å². The van der Waals surface area contributed by atoms with Gasteiger partial charge in [0.1, 0.15) is 36.1 Å². The van der Waals surface area contributed by atoms with E-state index < -0.39 is 89.4 Å². The zero-order chi connectivity index (χ0) is 32.8. The van der Waals surface area contributed by atoms with Gasteiger partial charge in [-0.2, -0.15) is 8.88 Å². The van der Waals surface area contributed by atoms with Crippen LogP contribution in [-0.2, 0) is 32.0 Å². The van der Waals surface area contributed by atoms with Crippen LogP contribution in [0.5, 0.6) is 0 Å². The van der Waals surface area contributed by atoms with Crippen molar-refractivity contribution in [2.45, 2.75) is 49.1 Å². The number of primary amides is 1. The summed E-state index contributed by atoms with van der Waals surface area (Å²) >= 11 is 3.12. The van der Waals surface area contributed by atoms with E-state index in [4.69, 9.17) is 19.7 Å². The Hall–Kier alpha value is -2.53. The average Bonchev–Trinajstić information content (AvgIpc) is 3.56. The molecule has 3 aromatic rings. The minimum absolute atomic E-state index is 0.00187. The van der Waals surface area contributed by atoms with Gasteiger partial charge in [-0.3, -0.25) is 23.2 Å². The standard InChI is InChI=1S/C21H25BrN6O15P2/c22-21-26-11-17(24-7-25-18(11)34)28(21)20-15(32)13(30)10(42-20)6-40-45(37,38)43-44(35,36)39-5-9-12(29)14(31)19(41-9)27-3-1-2-8(4-27)16(23)33/h1-4,7,9-10,12-15,19-20,29-32H,5-6H2,(H4-,23,24,25,33,34,35,36,37,38)/p+1/t9-,10-,12-,13-,14-,15-,19-,20-/m1/s1. The van der Waals surface area contributed by atoms with Crippen LogP contribution in [0, 0.1) is 0 Å². The molecule has 10 atom stereocenters. The zero-order valence-electron chi connectivity index (χ0n) is 22.4. The van der Waals surface area contributed by atoms with Gasteiger partial charge in [-0.15, -0.1) is 0 Å². The lowest BCUT2D eigenvalue weighted by atomic mass is 10.1. The Morgan fingerprint density at radius 1 is 1.07 bits per heavy atom. The fourth-order valence-corrected chi connectivity index (χ4v) is 7.26. The van der Waals surface area contributed by atoms with Crippen LogP contribution in [0.1, 0.15) is 22.8 Å². The summed E-state index contributed by atoms with van der Waals surface area (Å²) in [5.74, 6) is -0.772. The van der Waals surface area contributed by atoms with E-state index >= 15 is 0 Å². The predicted octanol–water partition coefficient (Wildman–Crippen LogP) is -2.54. The summed E-state index contributed by atoms with van der Waals surface area (Å²) in [5, 5.41) is 41.7. The summed E-state index contributed by atoms with van der Waals surface area (Å²) in [6, 6.07) is 2.82. The highest BCUT2D eigenvalue weighted by Crippen LogP contribution is 2.60. The van der Waals surface area contributed by atoms with E-state index in [1.807, 2.05) is 0 Å². The maximum Gasteiger partial charge on any atom is 0.481 e. The van der Waals surface area contributed by atoms with E-state index in [0.717, 1.165) is 10.9 Å². The molecule has 2 saturated heterocycles. The van der Waals surface area contributed by atoms with E-state index in [9.17, 15) is 48.9 Å². The number of phosphoric acid groups is 2. The van der Waals surface area contributed by atoms with Crippen LogP contribution in [0.15, 0.2) is 40.4 Å². The Bertz CT molecular complexity index is 1740. The highest BCUT2D eigenvalue weighted by molar-refractivity contribution is 9.10. The number of phosphoric ester groups is 2. The van der Waals surface area contributed by atoms with Crippen LogP contribution in [0.3, 0.4) is 0 Å². The smallest absolute Gasteiger partial charge is 0.387 e. The van der Waals surface area contributed by atoms with Crippen molar-refractivity contribution < 1.29 is 71.5 Å². The Morgan fingerprint density at radius 3 is 2.33 bits per heavy atom. The fraction of sp³-hybridized carbons (Fsp3) is 0.476. The molecule has 2 aliphatic heterocycles. The van der Waals surface area contributed by atoms with Crippen molar-refractivity contribution in [3.8, 4) is 0 Å². The van der Waals surface area contributed by atoms with Gasteiger partial charge in [-0.1, -0.05) is 0 Å². The number of carbonyl (C=O) groups excluding carboxylic acids is 1. The van der Waals surface area contributed by atoms with Crippen molar-refractivity contribution >= 4 is 48.6 Å². The summed E-state index contributed by atoms with van der Waals surface area (Å²) in [6.07, 6.45) is -8.55. The molecule has 0 radical (unpaired) electrons. The van der Waals surface area contributed by atoms with Gasteiger partial charge in [0.15, 0.2) is 40.6 Å². The van der Waals surface area contributed by atoms with Crippen LogP contribution < -0.4 is 15.9 Å². The number of imidazole rings is 1. The van der Waals surface area contributed by atoms with Gasteiger partial charge in [0.25, 0.3) is 17.7 Å². The third kappa shape index (κ3) is 7.09. The Balaban J connectivity index is 1.17. The number of aromatic amines is 1. The third-order valence-corrected chi connectivity index (χ3v) is 9.94. The topological polar surface area (TPSA) is 312 Å². The van der Waals surface area contributed by atoms with E-state index in [1.54, 1.807) is 0 Å². The molecule has 24 heteroatoms. The molecule has 21 nitrogen and oxygen atoms in total. The summed E-state index contributed by atoms with van der Waals surface area (Å²) in [7, 11) is -10.8. The van der Waals surface area contributed by atoms with Crippen molar-refractivity contribution in [2.75, 3.05) is 13.2 Å². The lowest BCUT2D eigenvalue weighted by Gasteiger charge is -2.20. The van der Waals surface area contributed by atoms with Gasteiger partial charge in [-0.25, -0.2) is 19.1 Å². The van der Waals surface area contributed by atoms with Gasteiger partial charge in [0.05, 0.1) is 19.5 Å². The summed E-state index contributed by atoms with van der Waals surface area (Å²) in [5.41, 5.74) is 4.57. The third-order valence-electron chi connectivity index (χ3n) is 6.78. The van der Waals surface area contributed by atoms with Crippen LogP contribution >= 0.6 is 31.6 Å². The molecular formula is C21H26BrN6O15P2+. The van der Waals surface area contributed by atoms with Crippen molar-refractivity contribution in [3.63, 3.8) is 0 Å². The molecule has 0 aromatic carbocycles. The SMILES string of the molecule is NC(=O)c1ccc[n+]([C@@H]2O[C@H](COP(=O)(O)OP(=O)(O)OC[C@H]3O[C@@H](n4c(Br)nc5c(=O)[nH]cnc54)[C@H](O)[C@@H]3O)[C@@H](O)[C@H]2O)c1. The molecule has 1 amide bonds. The van der Waals surface area contributed by atoms with Crippen molar-refractivity contribution in [2.24, 2.45) is 5.73 Å². The number of hydrogen-bond acceptors (Lipinski definition) is 15. The highest BCUT2D eigenvalue weighted by atomic mass is 79.9. The van der Waals surface area contributed by atoms with E-state index in [2.05, 4.69) is 39.7 Å². The zero-order valence-corrected chi connectivity index (χ0v) is 25.8. The number of aromatic nitrogens is 5. The molecule has 0 saturated carbocycles. The predicted molar refractivity (Wildman–Crippen MR) is 145 cm³/mol. The summed E-state index contributed by atoms with van der Waals surface area (Å²) in [6.45, 7) is -1.86. The molecule has 45 heavy (non-hydrogen) atoms. The van der Waals surface area contributed by atoms with Gasteiger partial charge in [0, 0.05) is 6.07 Å². The average molecular weight is 744 g/mol. The lowest BCUT2D eigenvalue weighted by molar-refractivity contribution is -0.765. The number of nitrogens with two attached hydrogens (primary N) is 1. The maximum absolute atomic E-state index is 12.5. The van der Waals surface area contributed by atoms with Crippen LogP contribution in [-0.4, -0.2) is 105 Å². The summed E-state index contributed by atoms with van der Waals surface area (Å²) < 4.78 is 51.9. The number of carbonyl (C=O) groups is 1. The second kappa shape index (κ2) is 12.9. The minimum atomic E-state index is -5.41. The van der Waals surface area contributed by atoms with Crippen molar-refractivity contribution in [3.05, 3.63) is 51.5 Å². The number of H-pyrrole nitrogens is 1. The number of aliphatic hydroxyl groups excluding tert-OH is 4. The first-order chi connectivity index (χ1) is 21.1. The first-order valence-electron chi connectivity index (χ1n) is 12.7. The Labute approximate surface area is 259 Å². The van der Waals surface area contributed by atoms with Gasteiger partial charge in [0.2, 0.25) is 0 Å². The number of ether oxygens (including phenoxy) is 2. The van der Waals surface area contributed by atoms with Gasteiger partial charge in [-0.05, 0) is 22.0 Å². The largest absolute Gasteiger partial charge is 0.481 e. The van der Waals surface area contributed by atoms with E-state index in [-0.39, 0.29) is 21.5 Å². The quantitative estimate of drug-likeness (QED) is 0.0570. The molecule has 2 fully saturated rings. The number of pyridine rings is 1. The molecule has 0 bridgehead atoms. The van der Waals surface area contributed by atoms with Crippen molar-refractivity contribution in [1.29, 1.82) is 0 Å². The molecular weight excluding hydrogens is 718 g/mol. The minimum Gasteiger partial charge on any atom is -0.387 e. The second-order valence-corrected chi connectivity index (χ2v) is 13.5. The number of hydrogen-bond donors (Lipinski definition) is 8. The Morgan fingerprint density at radius 2 is 1.69 bits per heavy atom. The first kappa shape index (κ1) is 33.8. The molecule has 246 valence electrons. The van der Waals surface area contributed by atoms with Crippen LogP contribution in [0.2, 0.25) is 0 Å². The number of rotatable bonds is 11. The fourth-order valence-electron chi connectivity index (χ4n) is 4.62. The number of fused-ring (bicyclic) bond motifs is 1. The van der Waals surface area contributed by atoms with E-state index in [0.29, 0.717) is 0 Å². The monoisotopic (exact) mass is 743 g/mol. The normalized spacial score (nSPS) is 31.2. The molecule has 0 aliphatic carbocycles. The van der Waals surface area contributed by atoms with E-state index in [1.165, 1.54) is 29.1 Å². The summed E-state index contributed by atoms with van der Waals surface area (Å²) in [4.78, 5) is 53.8. The molecule has 9 N–H and O–H groups in total. The number of nitrogens with one attached hydrogen (secondary N) is 1. The molecule has 3 aromatic heterocycles. The number of aliphatic hydroxyl groups is 4. The first-order valence-corrected chi connectivity index (χ1v) is 16.5. The van der Waals surface area contributed by atoms with Gasteiger partial charge >= 0.3 is 15.6 Å². The molecule has 0 spiro atoms.